The van der Waals surface area contributed by atoms with Crippen molar-refractivity contribution in [3.05, 3.63) is 76.8 Å². The molecule has 4 aromatic rings. The largest absolute Gasteiger partial charge is 0.282 e. The van der Waals surface area contributed by atoms with Gasteiger partial charge in [-0.25, -0.2) is 9.37 Å². The van der Waals surface area contributed by atoms with Crippen LogP contribution in [-0.2, 0) is 6.54 Å². The number of para-hydroxylation sites is 1. The smallest absolute Gasteiger partial charge is 0.260 e. The lowest BCUT2D eigenvalue weighted by Gasteiger charge is -2.20. The van der Waals surface area contributed by atoms with Gasteiger partial charge in [0.1, 0.15) is 11.3 Å². The number of carbonyl (C=O) groups is 1. The van der Waals surface area contributed by atoms with E-state index in [-0.39, 0.29) is 11.4 Å². The fourth-order valence-corrected chi connectivity index (χ4v) is 4.12. The molecule has 0 N–H and O–H groups in total. The van der Waals surface area contributed by atoms with Gasteiger partial charge in [0.15, 0.2) is 5.13 Å². The van der Waals surface area contributed by atoms with E-state index in [1.165, 1.54) is 17.4 Å². The van der Waals surface area contributed by atoms with Gasteiger partial charge in [0, 0.05) is 29.0 Å². The summed E-state index contributed by atoms with van der Waals surface area (Å²) in [6.07, 6.45) is 3.52. The molecule has 8 heteroatoms. The summed E-state index contributed by atoms with van der Waals surface area (Å²) in [7, 11) is 0. The first-order valence-corrected chi connectivity index (χ1v) is 9.83. The van der Waals surface area contributed by atoms with Crippen molar-refractivity contribution < 1.29 is 9.18 Å². The molecular weight excluding hydrogens is 431 g/mol. The van der Waals surface area contributed by atoms with Crippen LogP contribution >= 0.6 is 27.3 Å². The Morgan fingerprint density at radius 3 is 2.81 bits per heavy atom. The highest BCUT2D eigenvalue weighted by atomic mass is 79.9. The zero-order valence-electron chi connectivity index (χ0n) is 14.0. The van der Waals surface area contributed by atoms with Crippen molar-refractivity contribution in [2.75, 3.05) is 11.4 Å². The maximum absolute atomic E-state index is 14.1. The van der Waals surface area contributed by atoms with Gasteiger partial charge >= 0.3 is 0 Å². The molecule has 0 bridgehead atoms. The van der Waals surface area contributed by atoms with E-state index in [0.29, 0.717) is 28.5 Å². The normalized spacial score (nSPS) is 11.0. The summed E-state index contributed by atoms with van der Waals surface area (Å²) in [5.41, 5.74) is 0.813. The standard InChI is InChI=1S/C19H14BrFN4OS/c20-14-5-1-4-13(12-14)18(26)25(11-10-24-9-3-8-22-24)19-23-17-15(21)6-2-7-16(17)27-19/h1-9,12H,10-11H2. The van der Waals surface area contributed by atoms with Crippen LogP contribution in [0.4, 0.5) is 9.52 Å². The van der Waals surface area contributed by atoms with Crippen LogP contribution in [0.2, 0.25) is 0 Å². The van der Waals surface area contributed by atoms with Gasteiger partial charge in [0.25, 0.3) is 5.91 Å². The van der Waals surface area contributed by atoms with E-state index >= 15 is 0 Å². The molecule has 0 aliphatic carbocycles. The molecule has 0 unspecified atom stereocenters. The average molecular weight is 445 g/mol. The number of aromatic nitrogens is 3. The fraction of sp³-hybridized carbons (Fsp3) is 0.105. The molecule has 136 valence electrons. The van der Waals surface area contributed by atoms with Gasteiger partial charge in [-0.3, -0.25) is 14.4 Å². The third-order valence-electron chi connectivity index (χ3n) is 4.02. The lowest BCUT2D eigenvalue weighted by atomic mass is 10.2. The Labute approximate surface area is 167 Å². The topological polar surface area (TPSA) is 51.0 Å². The highest BCUT2D eigenvalue weighted by Gasteiger charge is 2.22. The summed E-state index contributed by atoms with van der Waals surface area (Å²) in [5.74, 6) is -0.583. The molecule has 0 atom stereocenters. The van der Waals surface area contributed by atoms with Crippen LogP contribution < -0.4 is 4.90 Å². The first kappa shape index (κ1) is 17.8. The molecule has 1 amide bonds. The second kappa shape index (κ2) is 7.58. The maximum Gasteiger partial charge on any atom is 0.260 e. The van der Waals surface area contributed by atoms with E-state index < -0.39 is 5.82 Å². The van der Waals surface area contributed by atoms with Crippen molar-refractivity contribution in [1.82, 2.24) is 14.8 Å². The number of hydrogen-bond donors (Lipinski definition) is 0. The molecule has 0 saturated carbocycles. The van der Waals surface area contributed by atoms with Crippen LogP contribution in [0.25, 0.3) is 10.2 Å². The van der Waals surface area contributed by atoms with E-state index in [9.17, 15) is 9.18 Å². The van der Waals surface area contributed by atoms with Crippen molar-refractivity contribution in [3.8, 4) is 0 Å². The Bertz CT molecular complexity index is 1100. The van der Waals surface area contributed by atoms with Crippen molar-refractivity contribution in [2.45, 2.75) is 6.54 Å². The molecule has 0 spiro atoms. The number of thiazole rings is 1. The molecule has 0 fully saturated rings. The van der Waals surface area contributed by atoms with Crippen LogP contribution in [0.3, 0.4) is 0 Å². The minimum Gasteiger partial charge on any atom is -0.282 e. The van der Waals surface area contributed by atoms with E-state index in [0.717, 1.165) is 4.47 Å². The molecule has 4 rings (SSSR count). The first-order valence-electron chi connectivity index (χ1n) is 8.22. The van der Waals surface area contributed by atoms with Gasteiger partial charge in [-0.2, -0.15) is 5.10 Å². The van der Waals surface area contributed by atoms with Gasteiger partial charge in [-0.1, -0.05) is 39.4 Å². The molecule has 2 heterocycles. The summed E-state index contributed by atoms with van der Waals surface area (Å²) in [4.78, 5) is 19.1. The number of carbonyl (C=O) groups excluding carboxylic acids is 1. The first-order chi connectivity index (χ1) is 13.1. The number of nitrogens with zero attached hydrogens (tertiary/aromatic N) is 4. The Morgan fingerprint density at radius 2 is 2.07 bits per heavy atom. The van der Waals surface area contributed by atoms with Gasteiger partial charge < -0.3 is 0 Å². The van der Waals surface area contributed by atoms with E-state index in [2.05, 4.69) is 26.0 Å². The fourth-order valence-electron chi connectivity index (χ4n) is 2.72. The molecule has 0 radical (unpaired) electrons. The Hall–Kier alpha value is -2.58. The number of hydrogen-bond acceptors (Lipinski definition) is 4. The Kier molecular flexibility index (Phi) is 5.00. The monoisotopic (exact) mass is 444 g/mol. The number of fused-ring (bicyclic) bond motifs is 1. The van der Waals surface area contributed by atoms with Crippen LogP contribution in [0.5, 0.6) is 0 Å². The predicted molar refractivity (Wildman–Crippen MR) is 108 cm³/mol. The zero-order chi connectivity index (χ0) is 18.8. The van der Waals surface area contributed by atoms with Crippen LogP contribution in [0.15, 0.2) is 65.4 Å². The lowest BCUT2D eigenvalue weighted by Crippen LogP contribution is -2.34. The summed E-state index contributed by atoms with van der Waals surface area (Å²) in [5, 5.41) is 4.64. The number of benzene rings is 2. The third-order valence-corrected chi connectivity index (χ3v) is 5.55. The van der Waals surface area contributed by atoms with Gasteiger partial charge in [0.2, 0.25) is 0 Å². The Morgan fingerprint density at radius 1 is 1.22 bits per heavy atom. The number of halogens is 2. The SMILES string of the molecule is O=C(c1cccc(Br)c1)N(CCn1cccn1)c1nc2c(F)cccc2s1. The molecular formula is C19H14BrFN4OS. The van der Waals surface area contributed by atoms with Crippen LogP contribution in [0.1, 0.15) is 10.4 Å². The number of anilines is 1. The van der Waals surface area contributed by atoms with Gasteiger partial charge in [-0.05, 0) is 36.4 Å². The highest BCUT2D eigenvalue weighted by Crippen LogP contribution is 2.31. The second-order valence-electron chi connectivity index (χ2n) is 5.82. The minimum absolute atomic E-state index is 0.192. The number of rotatable bonds is 5. The average Bonchev–Trinajstić information content (AvgIpc) is 3.32. The van der Waals surface area contributed by atoms with Crippen LogP contribution in [0, 0.1) is 5.82 Å². The van der Waals surface area contributed by atoms with Crippen molar-refractivity contribution in [2.24, 2.45) is 0 Å². The highest BCUT2D eigenvalue weighted by molar-refractivity contribution is 9.10. The predicted octanol–water partition coefficient (Wildman–Crippen LogP) is 4.74. The zero-order valence-corrected chi connectivity index (χ0v) is 16.5. The summed E-state index contributed by atoms with van der Waals surface area (Å²) in [6.45, 7) is 0.875. The maximum atomic E-state index is 14.1. The molecule has 0 aliphatic rings. The molecule has 2 aromatic heterocycles. The second-order valence-corrected chi connectivity index (χ2v) is 7.74. The van der Waals surface area contributed by atoms with Crippen molar-refractivity contribution in [1.29, 1.82) is 0 Å². The van der Waals surface area contributed by atoms with Crippen LogP contribution in [-0.4, -0.2) is 27.2 Å². The molecule has 0 aliphatic heterocycles. The molecule has 0 saturated heterocycles. The van der Waals surface area contributed by atoms with Gasteiger partial charge in [0.05, 0.1) is 11.2 Å². The summed E-state index contributed by atoms with van der Waals surface area (Å²) in [6, 6.07) is 13.8. The third kappa shape index (κ3) is 3.77. The summed E-state index contributed by atoms with van der Waals surface area (Å²) < 4.78 is 17.3. The lowest BCUT2D eigenvalue weighted by molar-refractivity contribution is 0.0985. The summed E-state index contributed by atoms with van der Waals surface area (Å²) >= 11 is 4.69. The minimum atomic E-state index is -0.392. The molecule has 2 aromatic carbocycles. The van der Waals surface area contributed by atoms with Crippen molar-refractivity contribution >= 4 is 48.5 Å². The van der Waals surface area contributed by atoms with E-state index in [1.54, 1.807) is 46.1 Å². The Balaban J connectivity index is 1.72. The van der Waals surface area contributed by atoms with Crippen molar-refractivity contribution in [3.63, 3.8) is 0 Å². The van der Waals surface area contributed by atoms with E-state index in [1.807, 2.05) is 18.3 Å². The molecule has 27 heavy (non-hydrogen) atoms. The quantitative estimate of drug-likeness (QED) is 0.446. The van der Waals surface area contributed by atoms with E-state index in [4.69, 9.17) is 0 Å². The number of amides is 1. The molecule has 5 nitrogen and oxygen atoms in total. The van der Waals surface area contributed by atoms with Gasteiger partial charge in [-0.15, -0.1) is 0 Å².